The van der Waals surface area contributed by atoms with Crippen molar-refractivity contribution in [3.63, 3.8) is 0 Å². The molecule has 28 heavy (non-hydrogen) atoms. The molecule has 0 heterocycles. The van der Waals surface area contributed by atoms with Gasteiger partial charge in [0.15, 0.2) is 6.61 Å². The largest absolute Gasteiger partial charge is 0.483 e. The van der Waals surface area contributed by atoms with Crippen LogP contribution in [0.1, 0.15) is 52.5 Å². The van der Waals surface area contributed by atoms with Gasteiger partial charge in [-0.1, -0.05) is 38.1 Å². The highest BCUT2D eigenvalue weighted by Gasteiger charge is 2.13. The van der Waals surface area contributed by atoms with Crippen LogP contribution in [0.5, 0.6) is 5.75 Å². The molecule has 0 saturated heterocycles. The second kappa shape index (κ2) is 10.1. The Labute approximate surface area is 164 Å². The summed E-state index contributed by atoms with van der Waals surface area (Å²) in [6.45, 7) is 3.93. The summed E-state index contributed by atoms with van der Waals surface area (Å²) < 4.78 is 10.2. The van der Waals surface area contributed by atoms with Gasteiger partial charge in [-0.05, 0) is 42.2 Å². The Bertz CT molecular complexity index is 850. The van der Waals surface area contributed by atoms with Gasteiger partial charge in [0.25, 0.3) is 11.8 Å². The highest BCUT2D eigenvalue weighted by molar-refractivity contribution is 5.98. The minimum absolute atomic E-state index is 0.214. The van der Waals surface area contributed by atoms with E-state index in [9.17, 15) is 14.4 Å². The van der Waals surface area contributed by atoms with Gasteiger partial charge in [0.05, 0.1) is 12.7 Å². The van der Waals surface area contributed by atoms with Crippen molar-refractivity contribution in [2.45, 2.75) is 26.2 Å². The van der Waals surface area contributed by atoms with E-state index in [1.807, 2.05) is 24.3 Å². The Hall–Kier alpha value is -3.35. The van der Waals surface area contributed by atoms with E-state index in [0.29, 0.717) is 11.7 Å². The second-order valence-electron chi connectivity index (χ2n) is 6.21. The highest BCUT2D eigenvalue weighted by atomic mass is 16.5. The zero-order valence-corrected chi connectivity index (χ0v) is 16.2. The average molecular weight is 384 g/mol. The number of hydrogen-bond acceptors (Lipinski definition) is 5. The third-order valence-electron chi connectivity index (χ3n) is 4.28. The van der Waals surface area contributed by atoms with Crippen LogP contribution in [0.4, 0.5) is 0 Å². The minimum Gasteiger partial charge on any atom is -0.483 e. The molecule has 148 valence electrons. The predicted molar refractivity (Wildman–Crippen MR) is 104 cm³/mol. The van der Waals surface area contributed by atoms with E-state index in [2.05, 4.69) is 29.4 Å². The zero-order valence-electron chi connectivity index (χ0n) is 16.2. The second-order valence-corrected chi connectivity index (χ2v) is 6.21. The van der Waals surface area contributed by atoms with Crippen LogP contribution in [0.2, 0.25) is 0 Å². The average Bonchev–Trinajstić information content (AvgIpc) is 2.75. The normalized spacial score (nSPS) is 11.2. The summed E-state index contributed by atoms with van der Waals surface area (Å²) in [7, 11) is 1.26. The maximum absolute atomic E-state index is 12.2. The van der Waals surface area contributed by atoms with E-state index in [-0.39, 0.29) is 17.7 Å². The fourth-order valence-corrected chi connectivity index (χ4v) is 2.52. The van der Waals surface area contributed by atoms with E-state index < -0.39 is 17.8 Å². The van der Waals surface area contributed by atoms with Crippen LogP contribution < -0.4 is 15.6 Å². The molecule has 7 heteroatoms. The lowest BCUT2D eigenvalue weighted by atomic mass is 9.98. The van der Waals surface area contributed by atoms with Crippen LogP contribution in [0, 0.1) is 0 Å². The van der Waals surface area contributed by atoms with Crippen LogP contribution in [-0.2, 0) is 9.53 Å². The molecule has 0 radical (unpaired) electrons. The van der Waals surface area contributed by atoms with Crippen molar-refractivity contribution < 1.29 is 23.9 Å². The molecule has 1 unspecified atom stereocenters. The molecule has 0 bridgehead atoms. The van der Waals surface area contributed by atoms with Crippen LogP contribution in [0.25, 0.3) is 0 Å². The quantitative estimate of drug-likeness (QED) is 0.566. The summed E-state index contributed by atoms with van der Waals surface area (Å²) in [5.41, 5.74) is 6.08. The number of ether oxygens (including phenoxy) is 2. The Morgan fingerprint density at radius 1 is 1.00 bits per heavy atom. The molecule has 2 rings (SSSR count). The highest BCUT2D eigenvalue weighted by Crippen LogP contribution is 2.28. The Kier molecular flexibility index (Phi) is 7.56. The van der Waals surface area contributed by atoms with Crippen molar-refractivity contribution in [3.05, 3.63) is 65.2 Å². The standard InChI is InChI=1S/C21H24N2O5/c1-4-14(2)17-10-5-6-11-18(17)28-13-19(24)22-23-20(25)15-8-7-9-16(12-15)21(26)27-3/h5-12,14H,4,13H2,1-3H3,(H,22,24)(H,23,25). The van der Waals surface area contributed by atoms with Gasteiger partial charge in [-0.15, -0.1) is 0 Å². The predicted octanol–water partition coefficient (Wildman–Crippen LogP) is 2.83. The van der Waals surface area contributed by atoms with Crippen molar-refractivity contribution in [2.24, 2.45) is 0 Å². The van der Waals surface area contributed by atoms with E-state index in [1.165, 1.54) is 25.3 Å². The molecule has 2 aromatic carbocycles. The monoisotopic (exact) mass is 384 g/mol. The third kappa shape index (κ3) is 5.57. The molecule has 0 aliphatic heterocycles. The fourth-order valence-electron chi connectivity index (χ4n) is 2.52. The van der Waals surface area contributed by atoms with Gasteiger partial charge in [0.2, 0.25) is 0 Å². The maximum Gasteiger partial charge on any atom is 0.337 e. The molecule has 0 aromatic heterocycles. The van der Waals surface area contributed by atoms with E-state index in [0.717, 1.165) is 12.0 Å². The summed E-state index contributed by atoms with van der Waals surface area (Å²) in [5.74, 6) is -0.659. The summed E-state index contributed by atoms with van der Waals surface area (Å²) in [6.07, 6.45) is 0.952. The van der Waals surface area contributed by atoms with Crippen molar-refractivity contribution >= 4 is 17.8 Å². The van der Waals surface area contributed by atoms with Crippen LogP contribution >= 0.6 is 0 Å². The first kappa shape index (κ1) is 21.0. The smallest absolute Gasteiger partial charge is 0.337 e. The number of nitrogens with one attached hydrogen (secondary N) is 2. The number of amides is 2. The van der Waals surface area contributed by atoms with Gasteiger partial charge in [0, 0.05) is 5.56 Å². The number of hydrogen-bond donors (Lipinski definition) is 2. The number of rotatable bonds is 7. The van der Waals surface area contributed by atoms with Crippen molar-refractivity contribution in [3.8, 4) is 5.75 Å². The molecule has 2 aromatic rings. The number of hydrazine groups is 1. The van der Waals surface area contributed by atoms with Gasteiger partial charge in [-0.25, -0.2) is 4.79 Å². The molecule has 2 amide bonds. The summed E-state index contributed by atoms with van der Waals surface area (Å²) in [6, 6.07) is 13.5. The summed E-state index contributed by atoms with van der Waals surface area (Å²) >= 11 is 0. The fraction of sp³-hybridized carbons (Fsp3) is 0.286. The Morgan fingerprint density at radius 3 is 2.43 bits per heavy atom. The number of carbonyl (C=O) groups is 3. The molecule has 0 aliphatic carbocycles. The number of para-hydroxylation sites is 1. The molecular formula is C21H24N2O5. The van der Waals surface area contributed by atoms with Gasteiger partial charge >= 0.3 is 5.97 Å². The molecule has 0 fully saturated rings. The van der Waals surface area contributed by atoms with Gasteiger partial charge in [0.1, 0.15) is 5.75 Å². The van der Waals surface area contributed by atoms with E-state index in [1.54, 1.807) is 6.07 Å². The molecule has 7 nitrogen and oxygen atoms in total. The van der Waals surface area contributed by atoms with E-state index in [4.69, 9.17) is 4.74 Å². The zero-order chi connectivity index (χ0) is 20.5. The van der Waals surface area contributed by atoms with Gasteiger partial charge in [-0.3, -0.25) is 20.4 Å². The lowest BCUT2D eigenvalue weighted by Crippen LogP contribution is -2.43. The molecule has 0 spiro atoms. The minimum atomic E-state index is -0.556. The SMILES string of the molecule is CCC(C)c1ccccc1OCC(=O)NNC(=O)c1cccc(C(=O)OC)c1. The lowest BCUT2D eigenvalue weighted by molar-refractivity contribution is -0.123. The topological polar surface area (TPSA) is 93.7 Å². The number of benzene rings is 2. The van der Waals surface area contributed by atoms with Crippen molar-refractivity contribution in [2.75, 3.05) is 13.7 Å². The lowest BCUT2D eigenvalue weighted by Gasteiger charge is -2.15. The molecule has 0 saturated carbocycles. The van der Waals surface area contributed by atoms with Crippen LogP contribution in [-0.4, -0.2) is 31.5 Å². The number of esters is 1. The number of carbonyl (C=O) groups excluding carboxylic acids is 3. The van der Waals surface area contributed by atoms with Gasteiger partial charge < -0.3 is 9.47 Å². The summed E-state index contributed by atoms with van der Waals surface area (Å²) in [5, 5.41) is 0. The van der Waals surface area contributed by atoms with Crippen molar-refractivity contribution in [1.29, 1.82) is 0 Å². The third-order valence-corrected chi connectivity index (χ3v) is 4.28. The summed E-state index contributed by atoms with van der Waals surface area (Å²) in [4.78, 5) is 35.7. The molecule has 0 aliphatic rings. The molecular weight excluding hydrogens is 360 g/mol. The van der Waals surface area contributed by atoms with Crippen LogP contribution in [0.15, 0.2) is 48.5 Å². The first-order valence-corrected chi connectivity index (χ1v) is 8.95. The van der Waals surface area contributed by atoms with Crippen LogP contribution in [0.3, 0.4) is 0 Å². The first-order chi connectivity index (χ1) is 13.5. The van der Waals surface area contributed by atoms with Gasteiger partial charge in [-0.2, -0.15) is 0 Å². The van der Waals surface area contributed by atoms with E-state index >= 15 is 0 Å². The first-order valence-electron chi connectivity index (χ1n) is 8.95. The maximum atomic E-state index is 12.2. The Balaban J connectivity index is 1.90. The Morgan fingerprint density at radius 2 is 1.71 bits per heavy atom. The molecule has 1 atom stereocenters. The van der Waals surface area contributed by atoms with Crippen molar-refractivity contribution in [1.82, 2.24) is 10.9 Å². The number of methoxy groups -OCH3 is 1. The molecule has 2 N–H and O–H groups in total.